The Hall–Kier alpha value is -2.34. The number of oxazole rings is 1. The summed E-state index contributed by atoms with van der Waals surface area (Å²) in [7, 11) is 0. The van der Waals surface area contributed by atoms with Crippen molar-refractivity contribution in [3.63, 3.8) is 0 Å². The molecule has 2 aromatic rings. The molecule has 0 aliphatic heterocycles. The van der Waals surface area contributed by atoms with Gasteiger partial charge in [-0.25, -0.2) is 4.98 Å². The van der Waals surface area contributed by atoms with E-state index in [9.17, 15) is 0 Å². The van der Waals surface area contributed by atoms with Gasteiger partial charge in [0.1, 0.15) is 5.76 Å². The molecule has 0 radical (unpaired) electrons. The van der Waals surface area contributed by atoms with Gasteiger partial charge in [-0.1, -0.05) is 23.4 Å². The number of aryl methyl sites for hydroxylation is 1. The van der Waals surface area contributed by atoms with Crippen LogP contribution >= 0.6 is 0 Å². The van der Waals surface area contributed by atoms with E-state index in [1.165, 1.54) is 0 Å². The van der Waals surface area contributed by atoms with Gasteiger partial charge in [0, 0.05) is 12.1 Å². The molecular weight excluding hydrogens is 256 g/mol. The normalized spacial score (nSPS) is 13.4. The molecule has 0 saturated heterocycles. The summed E-state index contributed by atoms with van der Waals surface area (Å²) in [5.74, 6) is 1.56. The SMILES string of the molecule is Cc1cnc(C(C)NCc2cccc(/C(N)=N/O)c2)o1. The molecule has 1 atom stereocenters. The highest BCUT2D eigenvalue weighted by molar-refractivity contribution is 5.97. The number of oxime groups is 1. The minimum absolute atomic E-state index is 0.0104. The number of nitrogens with two attached hydrogens (primary N) is 1. The van der Waals surface area contributed by atoms with Crippen LogP contribution in [0.4, 0.5) is 0 Å². The van der Waals surface area contributed by atoms with Crippen molar-refractivity contribution in [2.24, 2.45) is 10.9 Å². The number of nitrogens with zero attached hydrogens (tertiary/aromatic N) is 2. The maximum Gasteiger partial charge on any atom is 0.211 e. The molecule has 1 unspecified atom stereocenters. The van der Waals surface area contributed by atoms with Gasteiger partial charge in [0.2, 0.25) is 5.89 Å². The summed E-state index contributed by atoms with van der Waals surface area (Å²) in [6, 6.07) is 7.50. The molecule has 0 aliphatic carbocycles. The summed E-state index contributed by atoms with van der Waals surface area (Å²) in [6.45, 7) is 4.48. The highest BCUT2D eigenvalue weighted by atomic mass is 16.4. The summed E-state index contributed by atoms with van der Waals surface area (Å²) in [5.41, 5.74) is 7.29. The first kappa shape index (κ1) is 14.1. The number of benzene rings is 1. The van der Waals surface area contributed by atoms with Crippen LogP contribution in [0.25, 0.3) is 0 Å². The van der Waals surface area contributed by atoms with Gasteiger partial charge in [0.15, 0.2) is 5.84 Å². The monoisotopic (exact) mass is 274 g/mol. The lowest BCUT2D eigenvalue weighted by Crippen LogP contribution is -2.19. The fraction of sp³-hybridized carbons (Fsp3) is 0.286. The minimum atomic E-state index is 0.0104. The van der Waals surface area contributed by atoms with Gasteiger partial charge in [-0.05, 0) is 25.5 Å². The van der Waals surface area contributed by atoms with Crippen molar-refractivity contribution in [1.29, 1.82) is 0 Å². The Morgan fingerprint density at radius 1 is 1.55 bits per heavy atom. The average molecular weight is 274 g/mol. The average Bonchev–Trinajstić information content (AvgIpc) is 2.91. The minimum Gasteiger partial charge on any atom is -0.444 e. The van der Waals surface area contributed by atoms with E-state index in [0.29, 0.717) is 18.0 Å². The Morgan fingerprint density at radius 2 is 2.35 bits per heavy atom. The zero-order chi connectivity index (χ0) is 14.5. The van der Waals surface area contributed by atoms with Crippen LogP contribution in [-0.2, 0) is 6.54 Å². The summed E-state index contributed by atoms with van der Waals surface area (Å²) in [6.07, 6.45) is 1.70. The van der Waals surface area contributed by atoms with Crippen LogP contribution in [0.1, 0.15) is 35.7 Å². The predicted molar refractivity (Wildman–Crippen MR) is 75.4 cm³/mol. The molecule has 4 N–H and O–H groups in total. The fourth-order valence-corrected chi connectivity index (χ4v) is 1.83. The van der Waals surface area contributed by atoms with Crippen molar-refractivity contribution in [2.75, 3.05) is 0 Å². The van der Waals surface area contributed by atoms with Gasteiger partial charge in [0.05, 0.1) is 12.2 Å². The number of aromatic nitrogens is 1. The van der Waals surface area contributed by atoms with E-state index in [0.717, 1.165) is 11.3 Å². The van der Waals surface area contributed by atoms with Crippen molar-refractivity contribution in [2.45, 2.75) is 26.4 Å². The van der Waals surface area contributed by atoms with Crippen LogP contribution in [0.5, 0.6) is 0 Å². The molecule has 1 aromatic carbocycles. The largest absolute Gasteiger partial charge is 0.444 e. The molecule has 106 valence electrons. The number of rotatable bonds is 5. The quantitative estimate of drug-likeness (QED) is 0.335. The van der Waals surface area contributed by atoms with E-state index in [2.05, 4.69) is 15.5 Å². The van der Waals surface area contributed by atoms with E-state index < -0.39 is 0 Å². The molecule has 6 heteroatoms. The Balaban J connectivity index is 2.00. The second-order valence-electron chi connectivity index (χ2n) is 4.60. The molecule has 0 fully saturated rings. The standard InChI is InChI=1S/C14H18N4O2/c1-9-7-17-14(20-9)10(2)16-8-11-4-3-5-12(6-11)13(15)18-19/h3-7,10,16,19H,8H2,1-2H3,(H2,15,18). The van der Waals surface area contributed by atoms with Crippen molar-refractivity contribution >= 4 is 5.84 Å². The third kappa shape index (κ3) is 3.36. The molecule has 0 saturated carbocycles. The van der Waals surface area contributed by atoms with E-state index in [1.807, 2.05) is 32.0 Å². The van der Waals surface area contributed by atoms with Crippen LogP contribution in [0.3, 0.4) is 0 Å². The van der Waals surface area contributed by atoms with Crippen LogP contribution in [0, 0.1) is 6.92 Å². The van der Waals surface area contributed by atoms with Crippen LogP contribution in [0.2, 0.25) is 0 Å². The van der Waals surface area contributed by atoms with Gasteiger partial charge >= 0.3 is 0 Å². The summed E-state index contributed by atoms with van der Waals surface area (Å²) < 4.78 is 5.47. The van der Waals surface area contributed by atoms with Crippen LogP contribution in [0.15, 0.2) is 40.0 Å². The summed E-state index contributed by atoms with van der Waals surface area (Å²) in [4.78, 5) is 4.19. The Labute approximate surface area is 117 Å². The lowest BCUT2D eigenvalue weighted by atomic mass is 10.1. The fourth-order valence-electron chi connectivity index (χ4n) is 1.83. The summed E-state index contributed by atoms with van der Waals surface area (Å²) >= 11 is 0. The lowest BCUT2D eigenvalue weighted by molar-refractivity contribution is 0.318. The molecule has 1 heterocycles. The second-order valence-corrected chi connectivity index (χ2v) is 4.60. The van der Waals surface area contributed by atoms with E-state index in [4.69, 9.17) is 15.4 Å². The Kier molecular flexibility index (Phi) is 4.37. The van der Waals surface area contributed by atoms with Gasteiger partial charge in [-0.2, -0.15) is 0 Å². The number of nitrogens with one attached hydrogen (secondary N) is 1. The third-order valence-electron chi connectivity index (χ3n) is 2.95. The van der Waals surface area contributed by atoms with Crippen LogP contribution in [-0.4, -0.2) is 16.0 Å². The zero-order valence-electron chi connectivity index (χ0n) is 11.5. The maximum absolute atomic E-state index is 8.67. The molecule has 0 amide bonds. The zero-order valence-corrected chi connectivity index (χ0v) is 11.5. The van der Waals surface area contributed by atoms with Crippen molar-refractivity contribution in [1.82, 2.24) is 10.3 Å². The third-order valence-corrected chi connectivity index (χ3v) is 2.95. The molecule has 0 spiro atoms. The van der Waals surface area contributed by atoms with E-state index in [-0.39, 0.29) is 11.9 Å². The Morgan fingerprint density at radius 3 is 3.00 bits per heavy atom. The first-order valence-corrected chi connectivity index (χ1v) is 6.32. The number of amidine groups is 1. The van der Waals surface area contributed by atoms with Crippen molar-refractivity contribution in [3.05, 3.63) is 53.2 Å². The maximum atomic E-state index is 8.67. The van der Waals surface area contributed by atoms with Gasteiger partial charge in [-0.3, -0.25) is 0 Å². The van der Waals surface area contributed by atoms with Crippen molar-refractivity contribution < 1.29 is 9.62 Å². The Bertz CT molecular complexity index is 607. The molecule has 2 rings (SSSR count). The molecule has 6 nitrogen and oxygen atoms in total. The molecule has 1 aromatic heterocycles. The first-order valence-electron chi connectivity index (χ1n) is 6.32. The van der Waals surface area contributed by atoms with E-state index in [1.54, 1.807) is 12.3 Å². The number of hydrogen-bond donors (Lipinski definition) is 3. The number of hydrogen-bond acceptors (Lipinski definition) is 5. The van der Waals surface area contributed by atoms with E-state index >= 15 is 0 Å². The topological polar surface area (TPSA) is 96.7 Å². The highest BCUT2D eigenvalue weighted by Crippen LogP contribution is 2.13. The lowest BCUT2D eigenvalue weighted by Gasteiger charge is -2.11. The predicted octanol–water partition coefficient (Wildman–Crippen LogP) is 1.93. The molecular formula is C14H18N4O2. The second kappa shape index (κ2) is 6.21. The summed E-state index contributed by atoms with van der Waals surface area (Å²) in [5, 5.41) is 15.0. The van der Waals surface area contributed by atoms with Crippen molar-refractivity contribution in [3.8, 4) is 0 Å². The molecule has 0 bridgehead atoms. The smallest absolute Gasteiger partial charge is 0.211 e. The van der Waals surface area contributed by atoms with Gasteiger partial charge in [-0.15, -0.1) is 0 Å². The molecule has 20 heavy (non-hydrogen) atoms. The van der Waals surface area contributed by atoms with Crippen LogP contribution < -0.4 is 11.1 Å². The van der Waals surface area contributed by atoms with Gasteiger partial charge < -0.3 is 20.7 Å². The molecule has 0 aliphatic rings. The first-order chi connectivity index (χ1) is 9.60. The highest BCUT2D eigenvalue weighted by Gasteiger charge is 2.10. The van der Waals surface area contributed by atoms with Gasteiger partial charge in [0.25, 0.3) is 0 Å².